The van der Waals surface area contributed by atoms with Crippen molar-refractivity contribution >= 4 is 34.5 Å². The number of halogens is 2. The molecular weight excluding hydrogens is 287 g/mol. The van der Waals surface area contributed by atoms with Crippen LogP contribution in [0.25, 0.3) is 0 Å². The molecule has 2 rings (SSSR count). The van der Waals surface area contributed by atoms with Gasteiger partial charge in [0.1, 0.15) is 0 Å². The van der Waals surface area contributed by atoms with Crippen LogP contribution in [0.4, 0.5) is 0 Å². The number of hydrogen-bond acceptors (Lipinski definition) is 3. The fourth-order valence-electron chi connectivity index (χ4n) is 1.80. The summed E-state index contributed by atoms with van der Waals surface area (Å²) < 4.78 is 0. The minimum atomic E-state index is 0.175. The predicted octanol–water partition coefficient (Wildman–Crippen LogP) is 4.26. The Labute approximate surface area is 121 Å². The van der Waals surface area contributed by atoms with Crippen molar-refractivity contribution < 1.29 is 0 Å². The maximum Gasteiger partial charge on any atom is 0.0898 e. The van der Waals surface area contributed by atoms with Gasteiger partial charge in [-0.1, -0.05) is 29.3 Å². The second-order valence-electron chi connectivity index (χ2n) is 4.07. The van der Waals surface area contributed by atoms with Gasteiger partial charge in [0.05, 0.1) is 16.7 Å². The summed E-state index contributed by atoms with van der Waals surface area (Å²) in [5.74, 6) is 0. The Morgan fingerprint density at radius 1 is 1.39 bits per heavy atom. The smallest absolute Gasteiger partial charge is 0.0898 e. The maximum atomic E-state index is 6.19. The van der Waals surface area contributed by atoms with Crippen molar-refractivity contribution in [3.63, 3.8) is 0 Å². The quantitative estimate of drug-likeness (QED) is 0.912. The van der Waals surface area contributed by atoms with Crippen LogP contribution in [-0.4, -0.2) is 12.0 Å². The van der Waals surface area contributed by atoms with E-state index in [1.165, 1.54) is 0 Å². The molecule has 0 saturated heterocycles. The van der Waals surface area contributed by atoms with Crippen LogP contribution in [0.15, 0.2) is 23.6 Å². The topological polar surface area (TPSA) is 24.9 Å². The third-order valence-corrected chi connectivity index (χ3v) is 4.16. The molecule has 1 aromatic carbocycles. The van der Waals surface area contributed by atoms with E-state index in [2.05, 4.69) is 15.7 Å². The van der Waals surface area contributed by atoms with Crippen molar-refractivity contribution in [1.82, 2.24) is 10.3 Å². The molecule has 5 heteroatoms. The fourth-order valence-corrected chi connectivity index (χ4v) is 2.95. The van der Waals surface area contributed by atoms with Crippen molar-refractivity contribution in [3.8, 4) is 0 Å². The molecule has 1 aromatic heterocycles. The Hall–Kier alpha value is -0.610. The lowest BCUT2D eigenvalue weighted by atomic mass is 10.0. The summed E-state index contributed by atoms with van der Waals surface area (Å²) in [6, 6.07) is 5.78. The average molecular weight is 301 g/mol. The second kappa shape index (κ2) is 6.02. The van der Waals surface area contributed by atoms with E-state index in [4.69, 9.17) is 23.2 Å². The number of nitrogens with zero attached hydrogens (tertiary/aromatic N) is 1. The van der Waals surface area contributed by atoms with Crippen molar-refractivity contribution in [3.05, 3.63) is 49.9 Å². The maximum absolute atomic E-state index is 6.19. The molecule has 96 valence electrons. The number of nitrogens with one attached hydrogen (secondary N) is 1. The molecule has 0 spiro atoms. The standard InChI is InChI=1S/C13H14Cl2N2S/c1-8-17-13(7-18-8)12(16-2)5-9-3-4-10(14)6-11(9)15/h3-4,6-7,12,16H,5H2,1-2H3. The van der Waals surface area contributed by atoms with E-state index in [-0.39, 0.29) is 6.04 Å². The molecule has 0 bridgehead atoms. The molecular formula is C13H14Cl2N2S. The van der Waals surface area contributed by atoms with Crippen LogP contribution in [0.5, 0.6) is 0 Å². The van der Waals surface area contributed by atoms with Crippen molar-refractivity contribution in [1.29, 1.82) is 0 Å². The van der Waals surface area contributed by atoms with Crippen molar-refractivity contribution in [2.75, 3.05) is 7.05 Å². The van der Waals surface area contributed by atoms with Gasteiger partial charge in [0.25, 0.3) is 0 Å². The number of rotatable bonds is 4. The van der Waals surface area contributed by atoms with Crippen LogP contribution in [-0.2, 0) is 6.42 Å². The Kier molecular flexibility index (Phi) is 4.62. The molecule has 0 saturated carbocycles. The van der Waals surface area contributed by atoms with Gasteiger partial charge in [0.2, 0.25) is 0 Å². The predicted molar refractivity (Wildman–Crippen MR) is 78.8 cm³/mol. The van der Waals surface area contributed by atoms with Gasteiger partial charge >= 0.3 is 0 Å². The molecule has 2 nitrogen and oxygen atoms in total. The van der Waals surface area contributed by atoms with Gasteiger partial charge in [-0.05, 0) is 38.1 Å². The molecule has 2 aromatic rings. The fraction of sp³-hybridized carbons (Fsp3) is 0.308. The Balaban J connectivity index is 2.20. The van der Waals surface area contributed by atoms with Gasteiger partial charge in [-0.2, -0.15) is 0 Å². The number of likely N-dealkylation sites (N-methyl/N-ethyl adjacent to an activating group) is 1. The van der Waals surface area contributed by atoms with E-state index in [1.807, 2.05) is 26.1 Å². The van der Waals surface area contributed by atoms with Gasteiger partial charge < -0.3 is 5.32 Å². The summed E-state index contributed by atoms with van der Waals surface area (Å²) in [6.07, 6.45) is 0.801. The summed E-state index contributed by atoms with van der Waals surface area (Å²) in [5.41, 5.74) is 2.14. The van der Waals surface area contributed by atoms with E-state index in [0.717, 1.165) is 22.7 Å². The first-order valence-electron chi connectivity index (χ1n) is 5.63. The summed E-state index contributed by atoms with van der Waals surface area (Å²) in [4.78, 5) is 4.51. The van der Waals surface area contributed by atoms with Crippen LogP contribution >= 0.6 is 34.5 Å². The van der Waals surface area contributed by atoms with Crippen LogP contribution < -0.4 is 5.32 Å². The molecule has 0 aliphatic rings. The van der Waals surface area contributed by atoms with Gasteiger partial charge in [0, 0.05) is 15.4 Å². The first-order chi connectivity index (χ1) is 8.60. The third kappa shape index (κ3) is 3.23. The van der Waals surface area contributed by atoms with Gasteiger partial charge in [0.15, 0.2) is 0 Å². The summed E-state index contributed by atoms with van der Waals surface area (Å²) >= 11 is 13.8. The molecule has 1 atom stereocenters. The summed E-state index contributed by atoms with van der Waals surface area (Å²) in [6.45, 7) is 2.01. The van der Waals surface area contributed by atoms with E-state index in [1.54, 1.807) is 17.4 Å². The summed E-state index contributed by atoms with van der Waals surface area (Å²) in [5, 5.41) is 7.80. The van der Waals surface area contributed by atoms with Crippen LogP contribution in [0.1, 0.15) is 22.3 Å². The van der Waals surface area contributed by atoms with Crippen molar-refractivity contribution in [2.24, 2.45) is 0 Å². The number of aryl methyl sites for hydroxylation is 1. The van der Waals surface area contributed by atoms with Gasteiger partial charge in [-0.15, -0.1) is 11.3 Å². The molecule has 0 aliphatic carbocycles. The molecule has 1 N–H and O–H groups in total. The van der Waals surface area contributed by atoms with E-state index < -0.39 is 0 Å². The highest BCUT2D eigenvalue weighted by atomic mass is 35.5. The highest BCUT2D eigenvalue weighted by molar-refractivity contribution is 7.09. The van der Waals surface area contributed by atoms with E-state index >= 15 is 0 Å². The lowest BCUT2D eigenvalue weighted by molar-refractivity contribution is 0.578. The molecule has 0 radical (unpaired) electrons. The SMILES string of the molecule is CNC(Cc1ccc(Cl)cc1Cl)c1csc(C)n1. The van der Waals surface area contributed by atoms with Gasteiger partial charge in [-0.25, -0.2) is 4.98 Å². The Morgan fingerprint density at radius 2 is 2.17 bits per heavy atom. The third-order valence-electron chi connectivity index (χ3n) is 2.78. The molecule has 1 unspecified atom stereocenters. The highest BCUT2D eigenvalue weighted by Crippen LogP contribution is 2.26. The van der Waals surface area contributed by atoms with Crippen molar-refractivity contribution in [2.45, 2.75) is 19.4 Å². The zero-order chi connectivity index (χ0) is 13.1. The number of hydrogen-bond donors (Lipinski definition) is 1. The zero-order valence-corrected chi connectivity index (χ0v) is 12.5. The lowest BCUT2D eigenvalue weighted by Gasteiger charge is -2.15. The minimum absolute atomic E-state index is 0.175. The second-order valence-corrected chi connectivity index (χ2v) is 5.98. The molecule has 0 amide bonds. The molecule has 1 heterocycles. The van der Waals surface area contributed by atoms with Crippen LogP contribution in [0.3, 0.4) is 0 Å². The monoisotopic (exact) mass is 300 g/mol. The van der Waals surface area contributed by atoms with E-state index in [9.17, 15) is 0 Å². The lowest BCUT2D eigenvalue weighted by Crippen LogP contribution is -2.19. The Morgan fingerprint density at radius 3 is 2.72 bits per heavy atom. The Bertz CT molecular complexity index is 540. The summed E-state index contributed by atoms with van der Waals surface area (Å²) in [7, 11) is 1.93. The largest absolute Gasteiger partial charge is 0.311 e. The average Bonchev–Trinajstić information content (AvgIpc) is 2.75. The van der Waals surface area contributed by atoms with E-state index in [0.29, 0.717) is 10.0 Å². The minimum Gasteiger partial charge on any atom is -0.311 e. The van der Waals surface area contributed by atoms with Crippen LogP contribution in [0, 0.1) is 6.92 Å². The van der Waals surface area contributed by atoms with Crippen LogP contribution in [0.2, 0.25) is 10.0 Å². The zero-order valence-electron chi connectivity index (χ0n) is 10.2. The molecule has 0 aliphatic heterocycles. The normalized spacial score (nSPS) is 12.7. The first kappa shape index (κ1) is 13.8. The first-order valence-corrected chi connectivity index (χ1v) is 7.27. The number of benzene rings is 1. The molecule has 18 heavy (non-hydrogen) atoms. The number of aromatic nitrogens is 1. The molecule has 0 fully saturated rings. The highest BCUT2D eigenvalue weighted by Gasteiger charge is 2.14. The van der Waals surface area contributed by atoms with Gasteiger partial charge in [-0.3, -0.25) is 0 Å². The number of thiazole rings is 1.